The summed E-state index contributed by atoms with van der Waals surface area (Å²) >= 11 is 0. The molecule has 2 atom stereocenters. The first-order valence-electron chi connectivity index (χ1n) is 8.31. The van der Waals surface area contributed by atoms with E-state index in [-0.39, 0.29) is 17.6 Å². The molecule has 2 nitrogen and oxygen atoms in total. The molecule has 0 fully saturated rings. The molecule has 0 aliphatic rings. The minimum Gasteiger partial charge on any atom is -0.380 e. The lowest BCUT2D eigenvalue weighted by molar-refractivity contribution is 0.0103. The van der Waals surface area contributed by atoms with Gasteiger partial charge in [-0.25, -0.2) is 8.78 Å². The molecule has 0 aliphatic carbocycles. The summed E-state index contributed by atoms with van der Waals surface area (Å²) in [5.41, 5.74) is 0.642. The largest absolute Gasteiger partial charge is 0.380 e. The van der Waals surface area contributed by atoms with Gasteiger partial charge in [-0.15, -0.1) is 0 Å². The van der Waals surface area contributed by atoms with E-state index in [0.29, 0.717) is 17.7 Å². The quantitative estimate of drug-likeness (QED) is 0.836. The van der Waals surface area contributed by atoms with Gasteiger partial charge in [0.15, 0.2) is 0 Å². The van der Waals surface area contributed by atoms with Gasteiger partial charge in [0.05, 0.1) is 0 Å². The van der Waals surface area contributed by atoms with E-state index in [4.69, 9.17) is 0 Å². The lowest BCUT2D eigenvalue weighted by atomic mass is 9.76. The highest BCUT2D eigenvalue weighted by Gasteiger charge is 2.38. The maximum absolute atomic E-state index is 13.8. The van der Waals surface area contributed by atoms with E-state index in [0.717, 1.165) is 5.56 Å². The van der Waals surface area contributed by atoms with Gasteiger partial charge in [-0.1, -0.05) is 37.3 Å². The fourth-order valence-corrected chi connectivity index (χ4v) is 3.23. The van der Waals surface area contributed by atoms with Gasteiger partial charge in [-0.3, -0.25) is 0 Å². The molecule has 0 saturated carbocycles. The summed E-state index contributed by atoms with van der Waals surface area (Å²) in [4.78, 5) is 1.99. The van der Waals surface area contributed by atoms with E-state index >= 15 is 0 Å². The molecule has 0 radical (unpaired) electrons. The lowest BCUT2D eigenvalue weighted by Crippen LogP contribution is -2.40. The van der Waals surface area contributed by atoms with Crippen molar-refractivity contribution in [3.63, 3.8) is 0 Å². The van der Waals surface area contributed by atoms with Crippen molar-refractivity contribution in [2.75, 3.05) is 20.6 Å². The zero-order valence-electron chi connectivity index (χ0n) is 15.1. The van der Waals surface area contributed by atoms with E-state index in [1.54, 1.807) is 24.3 Å². The Balaban J connectivity index is 2.51. The zero-order valence-corrected chi connectivity index (χ0v) is 15.1. The minimum atomic E-state index is -1.33. The van der Waals surface area contributed by atoms with Gasteiger partial charge in [0.1, 0.15) is 17.2 Å². The summed E-state index contributed by atoms with van der Waals surface area (Å²) in [6.07, 6.45) is 1.82. The number of halogens is 2. The zero-order chi connectivity index (χ0) is 18.6. The molecule has 134 valence electrons. The van der Waals surface area contributed by atoms with Gasteiger partial charge in [0, 0.05) is 12.5 Å². The standard InChI is InChI=1S/C21H25F2NO/c1-15(12-17-8-10-19(22)11-9-17)21(25,16(2)14-24(3)4)18-6-5-7-20(23)13-18/h5-13,16,25H,14H2,1-4H3. The van der Waals surface area contributed by atoms with Crippen LogP contribution in [0.2, 0.25) is 0 Å². The van der Waals surface area contributed by atoms with Crippen LogP contribution in [0.3, 0.4) is 0 Å². The van der Waals surface area contributed by atoms with E-state index in [1.807, 2.05) is 38.9 Å². The third-order valence-corrected chi connectivity index (χ3v) is 4.47. The van der Waals surface area contributed by atoms with Crippen LogP contribution in [0.25, 0.3) is 6.08 Å². The maximum Gasteiger partial charge on any atom is 0.123 e. The predicted molar refractivity (Wildman–Crippen MR) is 98.1 cm³/mol. The smallest absolute Gasteiger partial charge is 0.123 e. The summed E-state index contributed by atoms with van der Waals surface area (Å²) in [5.74, 6) is -0.875. The molecule has 0 spiro atoms. The lowest BCUT2D eigenvalue weighted by Gasteiger charge is -2.37. The first-order valence-corrected chi connectivity index (χ1v) is 8.31. The second-order valence-electron chi connectivity index (χ2n) is 6.82. The van der Waals surface area contributed by atoms with Crippen LogP contribution in [0.4, 0.5) is 8.78 Å². The number of rotatable bonds is 6. The molecule has 0 heterocycles. The molecular formula is C21H25F2NO. The van der Waals surface area contributed by atoms with Gasteiger partial charge in [0.25, 0.3) is 0 Å². The van der Waals surface area contributed by atoms with Crippen molar-refractivity contribution in [1.29, 1.82) is 0 Å². The van der Waals surface area contributed by atoms with Crippen molar-refractivity contribution in [3.05, 3.63) is 76.9 Å². The molecule has 0 aliphatic heterocycles. The summed E-state index contributed by atoms with van der Waals surface area (Å²) in [6.45, 7) is 4.38. The SMILES string of the molecule is CC(=Cc1ccc(F)cc1)C(O)(c1cccc(F)c1)C(C)CN(C)C. The molecule has 2 unspecified atom stereocenters. The Kier molecular flexibility index (Phi) is 6.09. The van der Waals surface area contributed by atoms with Crippen LogP contribution in [0, 0.1) is 17.6 Å². The van der Waals surface area contributed by atoms with Crippen LogP contribution in [-0.4, -0.2) is 30.6 Å². The number of benzene rings is 2. The van der Waals surface area contributed by atoms with Crippen LogP contribution in [-0.2, 0) is 5.60 Å². The van der Waals surface area contributed by atoms with Crippen molar-refractivity contribution in [2.24, 2.45) is 5.92 Å². The molecule has 0 bridgehead atoms. The molecule has 1 N–H and O–H groups in total. The molecule has 0 aromatic heterocycles. The van der Waals surface area contributed by atoms with Crippen LogP contribution >= 0.6 is 0 Å². The van der Waals surface area contributed by atoms with Crippen LogP contribution in [0.1, 0.15) is 25.0 Å². The first kappa shape index (κ1) is 19.3. The Morgan fingerprint density at radius 2 is 1.76 bits per heavy atom. The van der Waals surface area contributed by atoms with Crippen LogP contribution < -0.4 is 0 Å². The number of aliphatic hydroxyl groups is 1. The molecular weight excluding hydrogens is 320 g/mol. The monoisotopic (exact) mass is 345 g/mol. The molecule has 0 saturated heterocycles. The van der Waals surface area contributed by atoms with E-state index < -0.39 is 5.60 Å². The highest BCUT2D eigenvalue weighted by molar-refractivity contribution is 5.56. The van der Waals surface area contributed by atoms with Gasteiger partial charge in [-0.2, -0.15) is 0 Å². The van der Waals surface area contributed by atoms with Crippen molar-refractivity contribution in [1.82, 2.24) is 4.90 Å². The van der Waals surface area contributed by atoms with Crippen molar-refractivity contribution < 1.29 is 13.9 Å². The fourth-order valence-electron chi connectivity index (χ4n) is 3.23. The van der Waals surface area contributed by atoms with Crippen molar-refractivity contribution >= 4 is 6.08 Å². The Bertz CT molecular complexity index is 740. The van der Waals surface area contributed by atoms with Crippen molar-refractivity contribution in [3.8, 4) is 0 Å². The second kappa shape index (κ2) is 7.89. The summed E-state index contributed by atoms with van der Waals surface area (Å²) in [6, 6.07) is 12.1. The Hall–Kier alpha value is -2.04. The van der Waals surface area contributed by atoms with Gasteiger partial charge < -0.3 is 10.0 Å². The minimum absolute atomic E-state index is 0.180. The summed E-state index contributed by atoms with van der Waals surface area (Å²) in [5, 5.41) is 11.6. The normalized spacial score (nSPS) is 15.9. The molecule has 0 amide bonds. The maximum atomic E-state index is 13.8. The fraction of sp³-hybridized carbons (Fsp3) is 0.333. The van der Waals surface area contributed by atoms with Gasteiger partial charge >= 0.3 is 0 Å². The molecule has 2 rings (SSSR count). The highest BCUT2D eigenvalue weighted by Crippen LogP contribution is 2.38. The van der Waals surface area contributed by atoms with E-state index in [2.05, 4.69) is 0 Å². The van der Waals surface area contributed by atoms with Crippen molar-refractivity contribution in [2.45, 2.75) is 19.4 Å². The van der Waals surface area contributed by atoms with Gasteiger partial charge in [-0.05, 0) is 62.0 Å². The molecule has 25 heavy (non-hydrogen) atoms. The van der Waals surface area contributed by atoms with Crippen LogP contribution in [0.15, 0.2) is 54.1 Å². The summed E-state index contributed by atoms with van der Waals surface area (Å²) in [7, 11) is 3.86. The molecule has 2 aromatic rings. The number of nitrogens with zero attached hydrogens (tertiary/aromatic N) is 1. The third kappa shape index (κ3) is 4.53. The Morgan fingerprint density at radius 1 is 1.12 bits per heavy atom. The first-order chi connectivity index (χ1) is 11.7. The predicted octanol–water partition coefficient (Wildman–Crippen LogP) is 4.45. The highest BCUT2D eigenvalue weighted by atomic mass is 19.1. The third-order valence-electron chi connectivity index (χ3n) is 4.47. The Morgan fingerprint density at radius 3 is 2.32 bits per heavy atom. The van der Waals surface area contributed by atoms with Crippen LogP contribution in [0.5, 0.6) is 0 Å². The topological polar surface area (TPSA) is 23.5 Å². The van der Waals surface area contributed by atoms with E-state index in [9.17, 15) is 13.9 Å². The number of hydrogen-bond acceptors (Lipinski definition) is 2. The average Bonchev–Trinajstić information content (AvgIpc) is 2.55. The molecule has 4 heteroatoms. The molecule has 2 aromatic carbocycles. The Labute approximate surface area is 148 Å². The van der Waals surface area contributed by atoms with Gasteiger partial charge in [0.2, 0.25) is 0 Å². The average molecular weight is 345 g/mol. The number of hydrogen-bond donors (Lipinski definition) is 1. The second-order valence-corrected chi connectivity index (χ2v) is 6.82. The summed E-state index contributed by atoms with van der Waals surface area (Å²) < 4.78 is 26.9. The van der Waals surface area contributed by atoms with E-state index in [1.165, 1.54) is 24.3 Å².